The van der Waals surface area contributed by atoms with Gasteiger partial charge in [0.25, 0.3) is 0 Å². The minimum atomic E-state index is -0.830. The van der Waals surface area contributed by atoms with E-state index in [9.17, 15) is 14.7 Å². The molecular weight excluding hydrogens is 332 g/mol. The van der Waals surface area contributed by atoms with Gasteiger partial charge in [-0.05, 0) is 36.6 Å². The van der Waals surface area contributed by atoms with Crippen molar-refractivity contribution >= 4 is 11.9 Å². The van der Waals surface area contributed by atoms with Gasteiger partial charge in [0.1, 0.15) is 6.04 Å². The lowest BCUT2D eigenvalue weighted by Gasteiger charge is -2.37. The van der Waals surface area contributed by atoms with Crippen LogP contribution < -0.4 is 0 Å². The zero-order valence-electron chi connectivity index (χ0n) is 15.1. The van der Waals surface area contributed by atoms with Crippen LogP contribution in [0.4, 0.5) is 0 Å². The van der Waals surface area contributed by atoms with Crippen LogP contribution in [0.1, 0.15) is 18.4 Å². The van der Waals surface area contributed by atoms with Crippen molar-refractivity contribution in [2.75, 3.05) is 20.6 Å². The van der Waals surface area contributed by atoms with Crippen LogP contribution in [0, 0.1) is 5.92 Å². The second-order valence-electron chi connectivity index (χ2n) is 6.91. The number of nitrogens with zero attached hydrogens (tertiary/aromatic N) is 4. The number of carboxylic acid groups (broad SMARTS) is 1. The van der Waals surface area contributed by atoms with E-state index < -0.39 is 12.0 Å². The standard InChI is InChI=1S/C19H24N4O3/c1-21(2)18(24)15-7-8-17(19(25)26)22(13-15)12-14-5-3-6-16(11-14)23-10-4-9-20-23/h3-6,9-11,15,17H,7-8,12-13H2,1-2H3,(H,25,26). The summed E-state index contributed by atoms with van der Waals surface area (Å²) in [7, 11) is 3.48. The van der Waals surface area contributed by atoms with Gasteiger partial charge in [0, 0.05) is 39.6 Å². The molecule has 7 nitrogen and oxygen atoms in total. The maximum Gasteiger partial charge on any atom is 0.320 e. The first-order chi connectivity index (χ1) is 12.5. The third-order valence-corrected chi connectivity index (χ3v) is 4.82. The Balaban J connectivity index is 1.79. The van der Waals surface area contributed by atoms with E-state index in [1.807, 2.05) is 41.4 Å². The second-order valence-corrected chi connectivity index (χ2v) is 6.91. The lowest BCUT2D eigenvalue weighted by atomic mass is 9.91. The summed E-state index contributed by atoms with van der Waals surface area (Å²) in [4.78, 5) is 27.5. The number of aromatic nitrogens is 2. The number of hydrogen-bond acceptors (Lipinski definition) is 4. The molecule has 2 atom stereocenters. The third kappa shape index (κ3) is 3.94. The quantitative estimate of drug-likeness (QED) is 0.881. The third-order valence-electron chi connectivity index (χ3n) is 4.82. The highest BCUT2D eigenvalue weighted by atomic mass is 16.4. The molecule has 1 amide bonds. The molecule has 0 saturated carbocycles. The summed E-state index contributed by atoms with van der Waals surface area (Å²) in [6.45, 7) is 0.948. The monoisotopic (exact) mass is 356 g/mol. The van der Waals surface area contributed by atoms with Crippen LogP contribution in [0.2, 0.25) is 0 Å². The number of piperidine rings is 1. The average Bonchev–Trinajstić information content (AvgIpc) is 3.15. The maximum atomic E-state index is 12.3. The predicted octanol–water partition coefficient (Wildman–Crippen LogP) is 1.63. The van der Waals surface area contributed by atoms with E-state index in [1.54, 1.807) is 29.9 Å². The fourth-order valence-electron chi connectivity index (χ4n) is 3.52. The molecule has 0 spiro atoms. The van der Waals surface area contributed by atoms with Gasteiger partial charge in [-0.1, -0.05) is 12.1 Å². The van der Waals surface area contributed by atoms with E-state index in [4.69, 9.17) is 0 Å². The molecule has 1 saturated heterocycles. The molecular formula is C19H24N4O3. The number of benzene rings is 1. The minimum Gasteiger partial charge on any atom is -0.480 e. The van der Waals surface area contributed by atoms with E-state index in [1.165, 1.54) is 0 Å². The van der Waals surface area contributed by atoms with Gasteiger partial charge in [-0.15, -0.1) is 0 Å². The van der Waals surface area contributed by atoms with Gasteiger partial charge in [0.15, 0.2) is 0 Å². The van der Waals surface area contributed by atoms with Crippen molar-refractivity contribution in [1.82, 2.24) is 19.6 Å². The number of aliphatic carboxylic acids is 1. The Morgan fingerprint density at radius 3 is 2.73 bits per heavy atom. The Labute approximate surface area is 152 Å². The number of hydrogen-bond donors (Lipinski definition) is 1. The van der Waals surface area contributed by atoms with Crippen molar-refractivity contribution in [1.29, 1.82) is 0 Å². The molecule has 138 valence electrons. The molecule has 1 N–H and O–H groups in total. The second kappa shape index (κ2) is 7.70. The molecule has 2 unspecified atom stereocenters. The van der Waals surface area contributed by atoms with Crippen LogP contribution in [-0.2, 0) is 16.1 Å². The Bertz CT molecular complexity index is 773. The van der Waals surface area contributed by atoms with Gasteiger partial charge < -0.3 is 10.0 Å². The fraction of sp³-hybridized carbons (Fsp3) is 0.421. The van der Waals surface area contributed by atoms with Gasteiger partial charge in [0.2, 0.25) is 5.91 Å². The largest absolute Gasteiger partial charge is 0.480 e. The summed E-state index contributed by atoms with van der Waals surface area (Å²) in [5.41, 5.74) is 1.93. The summed E-state index contributed by atoms with van der Waals surface area (Å²) < 4.78 is 1.77. The van der Waals surface area contributed by atoms with Crippen molar-refractivity contribution in [2.24, 2.45) is 5.92 Å². The highest BCUT2D eigenvalue weighted by Crippen LogP contribution is 2.26. The minimum absolute atomic E-state index is 0.0594. The molecule has 0 radical (unpaired) electrons. The number of amides is 1. The van der Waals surface area contributed by atoms with Crippen LogP contribution in [0.3, 0.4) is 0 Å². The number of carboxylic acids is 1. The first kappa shape index (κ1) is 18.1. The Morgan fingerprint density at radius 2 is 2.08 bits per heavy atom. The van der Waals surface area contributed by atoms with Gasteiger partial charge in [0.05, 0.1) is 11.6 Å². The van der Waals surface area contributed by atoms with Crippen molar-refractivity contribution in [3.63, 3.8) is 0 Å². The smallest absolute Gasteiger partial charge is 0.320 e. The van der Waals surface area contributed by atoms with Crippen LogP contribution in [-0.4, -0.2) is 63.2 Å². The van der Waals surface area contributed by atoms with E-state index >= 15 is 0 Å². The van der Waals surface area contributed by atoms with E-state index in [0.29, 0.717) is 25.9 Å². The Kier molecular flexibility index (Phi) is 5.37. The fourth-order valence-corrected chi connectivity index (χ4v) is 3.52. The first-order valence-corrected chi connectivity index (χ1v) is 8.72. The van der Waals surface area contributed by atoms with Crippen LogP contribution in [0.15, 0.2) is 42.7 Å². The van der Waals surface area contributed by atoms with Gasteiger partial charge >= 0.3 is 5.97 Å². The van der Waals surface area contributed by atoms with E-state index in [2.05, 4.69) is 5.10 Å². The van der Waals surface area contributed by atoms with Crippen LogP contribution in [0.25, 0.3) is 5.69 Å². The molecule has 1 aliphatic heterocycles. The lowest BCUT2D eigenvalue weighted by molar-refractivity contribution is -0.148. The maximum absolute atomic E-state index is 12.3. The van der Waals surface area contributed by atoms with Gasteiger partial charge in [-0.25, -0.2) is 4.68 Å². The van der Waals surface area contributed by atoms with Crippen LogP contribution in [0.5, 0.6) is 0 Å². The molecule has 26 heavy (non-hydrogen) atoms. The lowest BCUT2D eigenvalue weighted by Crippen LogP contribution is -2.50. The van der Waals surface area contributed by atoms with Crippen molar-refractivity contribution in [3.8, 4) is 5.69 Å². The highest BCUT2D eigenvalue weighted by molar-refractivity contribution is 5.79. The SMILES string of the molecule is CN(C)C(=O)C1CCC(C(=O)O)N(Cc2cccc(-n3cccn3)c2)C1. The predicted molar refractivity (Wildman–Crippen MR) is 96.8 cm³/mol. The Morgan fingerprint density at radius 1 is 1.27 bits per heavy atom. The molecule has 1 aliphatic rings. The molecule has 1 fully saturated rings. The number of rotatable bonds is 5. The van der Waals surface area contributed by atoms with Crippen molar-refractivity contribution in [2.45, 2.75) is 25.4 Å². The summed E-state index contributed by atoms with van der Waals surface area (Å²) in [6, 6.07) is 9.17. The topological polar surface area (TPSA) is 78.7 Å². The molecule has 7 heteroatoms. The molecule has 3 rings (SSSR count). The number of carbonyl (C=O) groups excluding carboxylic acids is 1. The van der Waals surface area contributed by atoms with Gasteiger partial charge in [-0.3, -0.25) is 14.5 Å². The van der Waals surface area contributed by atoms with Crippen LogP contribution >= 0.6 is 0 Å². The van der Waals surface area contributed by atoms with Gasteiger partial charge in [-0.2, -0.15) is 5.10 Å². The highest BCUT2D eigenvalue weighted by Gasteiger charge is 2.36. The summed E-state index contributed by atoms with van der Waals surface area (Å²) in [5, 5.41) is 13.8. The molecule has 1 aromatic heterocycles. The first-order valence-electron chi connectivity index (χ1n) is 8.72. The zero-order valence-corrected chi connectivity index (χ0v) is 15.1. The van der Waals surface area contributed by atoms with E-state index in [0.717, 1.165) is 11.3 Å². The molecule has 2 aromatic rings. The number of likely N-dealkylation sites (tertiary alicyclic amines) is 1. The molecule has 0 bridgehead atoms. The molecule has 2 heterocycles. The summed E-state index contributed by atoms with van der Waals surface area (Å²) in [6.07, 6.45) is 4.68. The normalized spacial score (nSPS) is 20.7. The number of carbonyl (C=O) groups is 2. The molecule has 1 aromatic carbocycles. The van der Waals surface area contributed by atoms with Crippen molar-refractivity contribution in [3.05, 3.63) is 48.3 Å². The zero-order chi connectivity index (χ0) is 18.7. The molecule has 0 aliphatic carbocycles. The van der Waals surface area contributed by atoms with E-state index in [-0.39, 0.29) is 11.8 Å². The Hall–Kier alpha value is -2.67. The average molecular weight is 356 g/mol. The summed E-state index contributed by atoms with van der Waals surface area (Å²) in [5.74, 6) is -0.928. The van der Waals surface area contributed by atoms with Crippen molar-refractivity contribution < 1.29 is 14.7 Å². The summed E-state index contributed by atoms with van der Waals surface area (Å²) >= 11 is 0.